The van der Waals surface area contributed by atoms with Crippen LogP contribution in [0.4, 0.5) is 13.2 Å². The maximum atomic E-state index is 12.3. The number of halogens is 3. The molecule has 0 bridgehead atoms. The molecule has 0 saturated heterocycles. The van der Waals surface area contributed by atoms with Crippen molar-refractivity contribution in [3.8, 4) is 5.75 Å². The SMILES string of the molecule is C[Si]Oc1ccccc1C(F)(F)F. The first-order valence-electron chi connectivity index (χ1n) is 3.55. The fourth-order valence-corrected chi connectivity index (χ4v) is 1.30. The quantitative estimate of drug-likeness (QED) is 0.673. The smallest absolute Gasteiger partial charge is 0.419 e. The Morgan fingerprint density at radius 1 is 1.23 bits per heavy atom. The third-order valence-corrected chi connectivity index (χ3v) is 1.83. The third kappa shape index (κ3) is 2.48. The molecular weight excluding hydrogens is 197 g/mol. The summed E-state index contributed by atoms with van der Waals surface area (Å²) in [4.78, 5) is 0. The fraction of sp³-hybridized carbons (Fsp3) is 0.250. The van der Waals surface area contributed by atoms with Crippen molar-refractivity contribution in [2.24, 2.45) is 0 Å². The predicted octanol–water partition coefficient (Wildman–Crippen LogP) is 2.75. The zero-order chi connectivity index (χ0) is 9.90. The van der Waals surface area contributed by atoms with Crippen molar-refractivity contribution in [1.29, 1.82) is 0 Å². The lowest BCUT2D eigenvalue weighted by molar-refractivity contribution is -0.138. The third-order valence-electron chi connectivity index (χ3n) is 1.40. The second-order valence-electron chi connectivity index (χ2n) is 2.30. The summed E-state index contributed by atoms with van der Waals surface area (Å²) in [5, 5.41) is 0. The molecule has 1 aromatic carbocycles. The second-order valence-corrected chi connectivity index (χ2v) is 2.91. The van der Waals surface area contributed by atoms with Gasteiger partial charge >= 0.3 is 15.9 Å². The summed E-state index contributed by atoms with van der Waals surface area (Å²) in [7, 11) is 0.0107. The van der Waals surface area contributed by atoms with E-state index in [4.69, 9.17) is 4.43 Å². The van der Waals surface area contributed by atoms with Crippen molar-refractivity contribution in [2.75, 3.05) is 0 Å². The summed E-state index contributed by atoms with van der Waals surface area (Å²) in [6.07, 6.45) is -4.34. The van der Waals surface area contributed by atoms with Crippen LogP contribution in [0.3, 0.4) is 0 Å². The molecule has 0 aromatic heterocycles. The lowest BCUT2D eigenvalue weighted by Crippen LogP contribution is -2.09. The van der Waals surface area contributed by atoms with Crippen LogP contribution in [-0.4, -0.2) is 9.76 Å². The summed E-state index contributed by atoms with van der Waals surface area (Å²) in [5.74, 6) is -0.101. The highest BCUT2D eigenvalue weighted by Crippen LogP contribution is 2.35. The van der Waals surface area contributed by atoms with E-state index >= 15 is 0 Å². The van der Waals surface area contributed by atoms with Crippen molar-refractivity contribution < 1.29 is 17.6 Å². The molecule has 0 fully saturated rings. The molecule has 1 rings (SSSR count). The average molecular weight is 204 g/mol. The Hall–Kier alpha value is -0.973. The summed E-state index contributed by atoms with van der Waals surface area (Å²) >= 11 is 0. The molecule has 0 unspecified atom stereocenters. The van der Waals surface area contributed by atoms with Gasteiger partial charge < -0.3 is 4.43 Å². The maximum Gasteiger partial charge on any atom is 0.419 e. The standard InChI is InChI=1S/C8H7F3OSi/c1-13-12-7-5-3-2-4-6(7)8(9,10)11/h2-5H,1H3. The van der Waals surface area contributed by atoms with Crippen molar-refractivity contribution in [1.82, 2.24) is 0 Å². The van der Waals surface area contributed by atoms with Crippen LogP contribution in [0, 0.1) is 0 Å². The molecule has 0 N–H and O–H groups in total. The zero-order valence-corrected chi connectivity index (χ0v) is 7.85. The van der Waals surface area contributed by atoms with E-state index in [0.29, 0.717) is 0 Å². The van der Waals surface area contributed by atoms with Gasteiger partial charge in [-0.05, 0) is 18.7 Å². The zero-order valence-electron chi connectivity index (χ0n) is 6.85. The number of para-hydroxylation sites is 1. The molecule has 0 heterocycles. The van der Waals surface area contributed by atoms with Gasteiger partial charge in [0.1, 0.15) is 5.75 Å². The summed E-state index contributed by atoms with van der Waals surface area (Å²) < 4.78 is 41.8. The van der Waals surface area contributed by atoms with Gasteiger partial charge in [-0.25, -0.2) is 0 Å². The van der Waals surface area contributed by atoms with Gasteiger partial charge in [0.15, 0.2) is 0 Å². The number of benzene rings is 1. The van der Waals surface area contributed by atoms with Crippen LogP contribution in [0.25, 0.3) is 0 Å². The van der Waals surface area contributed by atoms with E-state index in [2.05, 4.69) is 0 Å². The lowest BCUT2D eigenvalue weighted by Gasteiger charge is -2.11. The fourth-order valence-electron chi connectivity index (χ4n) is 0.900. The van der Waals surface area contributed by atoms with Crippen LogP contribution in [0.2, 0.25) is 6.55 Å². The van der Waals surface area contributed by atoms with E-state index in [1.165, 1.54) is 18.2 Å². The van der Waals surface area contributed by atoms with E-state index in [1.54, 1.807) is 6.55 Å². The molecule has 0 amide bonds. The van der Waals surface area contributed by atoms with Gasteiger partial charge in [0, 0.05) is 0 Å². The van der Waals surface area contributed by atoms with Crippen molar-refractivity contribution in [2.45, 2.75) is 12.7 Å². The van der Waals surface area contributed by atoms with Crippen molar-refractivity contribution >= 4 is 9.76 Å². The minimum absolute atomic E-state index is 0.0107. The van der Waals surface area contributed by atoms with E-state index in [1.807, 2.05) is 0 Å². The van der Waals surface area contributed by atoms with E-state index in [0.717, 1.165) is 6.07 Å². The Labute approximate surface area is 76.5 Å². The molecule has 0 aliphatic heterocycles. The normalized spacial score (nSPS) is 11.4. The first-order valence-corrected chi connectivity index (χ1v) is 4.96. The van der Waals surface area contributed by atoms with Gasteiger partial charge in [-0.15, -0.1) is 0 Å². The Bertz CT molecular complexity index is 285. The van der Waals surface area contributed by atoms with Gasteiger partial charge in [0.25, 0.3) is 0 Å². The summed E-state index contributed by atoms with van der Waals surface area (Å²) in [5.41, 5.74) is -0.718. The molecule has 0 aliphatic carbocycles. The summed E-state index contributed by atoms with van der Waals surface area (Å²) in [6, 6.07) is 5.19. The summed E-state index contributed by atoms with van der Waals surface area (Å²) in [6.45, 7) is 1.67. The van der Waals surface area contributed by atoms with Gasteiger partial charge in [0.05, 0.1) is 5.56 Å². The highest BCUT2D eigenvalue weighted by Gasteiger charge is 2.33. The number of hydrogen-bond donors (Lipinski definition) is 0. The van der Waals surface area contributed by atoms with Gasteiger partial charge in [-0.1, -0.05) is 12.1 Å². The molecule has 1 nitrogen and oxygen atoms in total. The number of rotatable bonds is 2. The Morgan fingerprint density at radius 2 is 1.85 bits per heavy atom. The molecule has 70 valence electrons. The molecule has 0 atom stereocenters. The number of hydrogen-bond acceptors (Lipinski definition) is 1. The van der Waals surface area contributed by atoms with Crippen LogP contribution in [0.1, 0.15) is 5.56 Å². The highest BCUT2D eigenvalue weighted by atomic mass is 28.2. The van der Waals surface area contributed by atoms with Crippen molar-refractivity contribution in [3.05, 3.63) is 29.8 Å². The van der Waals surface area contributed by atoms with E-state index in [9.17, 15) is 13.2 Å². The predicted molar refractivity (Wildman–Crippen MR) is 43.7 cm³/mol. The number of alkyl halides is 3. The monoisotopic (exact) mass is 204 g/mol. The molecule has 0 aliphatic rings. The molecule has 1 aromatic rings. The van der Waals surface area contributed by atoms with Crippen LogP contribution >= 0.6 is 0 Å². The average Bonchev–Trinajstić information content (AvgIpc) is 2.04. The van der Waals surface area contributed by atoms with E-state index in [-0.39, 0.29) is 15.5 Å². The highest BCUT2D eigenvalue weighted by molar-refractivity contribution is 6.26. The van der Waals surface area contributed by atoms with Crippen LogP contribution < -0.4 is 4.43 Å². The molecule has 13 heavy (non-hydrogen) atoms. The van der Waals surface area contributed by atoms with Crippen LogP contribution in [0.15, 0.2) is 24.3 Å². The van der Waals surface area contributed by atoms with Crippen LogP contribution in [-0.2, 0) is 6.18 Å². The first kappa shape index (κ1) is 10.1. The maximum absolute atomic E-state index is 12.3. The topological polar surface area (TPSA) is 9.23 Å². The minimum Gasteiger partial charge on any atom is -0.541 e. The first-order chi connectivity index (χ1) is 6.05. The molecular formula is C8H7F3OSi. The second kappa shape index (κ2) is 3.82. The Balaban J connectivity index is 3.05. The Kier molecular flexibility index (Phi) is 2.97. The largest absolute Gasteiger partial charge is 0.541 e. The van der Waals surface area contributed by atoms with Crippen molar-refractivity contribution in [3.63, 3.8) is 0 Å². The van der Waals surface area contributed by atoms with Gasteiger partial charge in [-0.3, -0.25) is 0 Å². The van der Waals surface area contributed by atoms with Crippen LogP contribution in [0.5, 0.6) is 5.75 Å². The molecule has 0 saturated carbocycles. The Morgan fingerprint density at radius 3 is 2.38 bits per heavy atom. The molecule has 5 heteroatoms. The molecule has 0 spiro atoms. The van der Waals surface area contributed by atoms with Gasteiger partial charge in [-0.2, -0.15) is 13.2 Å². The van der Waals surface area contributed by atoms with Gasteiger partial charge in [0.2, 0.25) is 0 Å². The van der Waals surface area contributed by atoms with E-state index < -0.39 is 11.7 Å². The molecule has 2 radical (unpaired) electrons. The minimum atomic E-state index is -4.34. The lowest BCUT2D eigenvalue weighted by atomic mass is 10.2.